The quantitative estimate of drug-likeness (QED) is 0.336. The van der Waals surface area contributed by atoms with Gasteiger partial charge < -0.3 is 13.9 Å². The third kappa shape index (κ3) is 4.61. The molecule has 32 heavy (non-hydrogen) atoms. The number of benzene rings is 2. The molecule has 2 heterocycles. The predicted molar refractivity (Wildman–Crippen MR) is 120 cm³/mol. The van der Waals surface area contributed by atoms with Crippen molar-refractivity contribution in [2.45, 2.75) is 19.8 Å². The first-order chi connectivity index (χ1) is 15.6. The summed E-state index contributed by atoms with van der Waals surface area (Å²) in [6.07, 6.45) is 4.84. The summed E-state index contributed by atoms with van der Waals surface area (Å²) in [5.41, 5.74) is 2.21. The number of ether oxygens (including phenoxy) is 2. The average Bonchev–Trinajstić information content (AvgIpc) is 3.43. The monoisotopic (exact) mass is 448 g/mol. The van der Waals surface area contributed by atoms with Gasteiger partial charge in [-0.3, -0.25) is 4.57 Å². The molecule has 0 saturated carbocycles. The highest BCUT2D eigenvalue weighted by Gasteiger charge is 2.17. The highest BCUT2D eigenvalue weighted by Crippen LogP contribution is 2.30. The van der Waals surface area contributed by atoms with Crippen molar-refractivity contribution in [2.75, 3.05) is 13.7 Å². The summed E-state index contributed by atoms with van der Waals surface area (Å²) in [5, 5.41) is 9.70. The van der Waals surface area contributed by atoms with Gasteiger partial charge in [0, 0.05) is 35.5 Å². The van der Waals surface area contributed by atoms with Gasteiger partial charge in [0.05, 0.1) is 25.3 Å². The summed E-state index contributed by atoms with van der Waals surface area (Å²) >= 11 is 6.05. The van der Waals surface area contributed by atoms with E-state index in [-0.39, 0.29) is 0 Å². The number of hydrogen-bond donors (Lipinski definition) is 0. The first-order valence-electron chi connectivity index (χ1n) is 10.1. The van der Waals surface area contributed by atoms with Gasteiger partial charge in [-0.25, -0.2) is 4.98 Å². The summed E-state index contributed by atoms with van der Waals surface area (Å²) in [7, 11) is 1.55. The van der Waals surface area contributed by atoms with E-state index in [1.807, 2.05) is 37.4 Å². The Morgan fingerprint density at radius 3 is 2.66 bits per heavy atom. The second kappa shape index (κ2) is 9.58. The third-order valence-corrected chi connectivity index (χ3v) is 5.19. The minimum absolute atomic E-state index is 0.447. The second-order valence-electron chi connectivity index (χ2n) is 7.05. The summed E-state index contributed by atoms with van der Waals surface area (Å²) < 4.78 is 19.1. The summed E-state index contributed by atoms with van der Waals surface area (Å²) in [6.45, 7) is 2.34. The minimum atomic E-state index is 0.447. The van der Waals surface area contributed by atoms with Gasteiger partial charge in [-0.05, 0) is 37.6 Å². The molecule has 8 heteroatoms. The fourth-order valence-electron chi connectivity index (χ4n) is 3.30. The Labute approximate surface area is 190 Å². The van der Waals surface area contributed by atoms with Crippen molar-refractivity contribution in [3.63, 3.8) is 0 Å². The Morgan fingerprint density at radius 2 is 1.97 bits per heavy atom. The first-order valence-corrected chi connectivity index (χ1v) is 10.4. The number of methoxy groups -OCH3 is 1. The van der Waals surface area contributed by atoms with Crippen LogP contribution in [0.4, 0.5) is 0 Å². The lowest BCUT2D eigenvalue weighted by molar-refractivity contribution is 0.286. The molecule has 0 spiro atoms. The largest absolute Gasteiger partial charge is 0.493 e. The number of nitrogens with zero attached hydrogens (tertiary/aromatic N) is 4. The van der Waals surface area contributed by atoms with Crippen molar-refractivity contribution in [1.29, 1.82) is 5.26 Å². The zero-order chi connectivity index (χ0) is 22.5. The number of imidazole rings is 1. The first kappa shape index (κ1) is 21.5. The summed E-state index contributed by atoms with van der Waals surface area (Å²) in [6, 6.07) is 15.2. The van der Waals surface area contributed by atoms with Crippen LogP contribution >= 0.6 is 11.6 Å². The Morgan fingerprint density at radius 1 is 1.16 bits per heavy atom. The summed E-state index contributed by atoms with van der Waals surface area (Å²) in [4.78, 5) is 8.97. The Kier molecular flexibility index (Phi) is 6.43. The SMILES string of the molecule is COc1cc(C#N)ccc1OCCCc1oc(-n2ccnc2C)nc1-c1ccc(Cl)cc1. The fraction of sp³-hybridized carbons (Fsp3) is 0.208. The van der Waals surface area contributed by atoms with Crippen molar-refractivity contribution < 1.29 is 13.9 Å². The van der Waals surface area contributed by atoms with E-state index in [2.05, 4.69) is 11.1 Å². The number of hydrogen-bond acceptors (Lipinski definition) is 6. The van der Waals surface area contributed by atoms with Crippen molar-refractivity contribution in [3.8, 4) is 34.8 Å². The lowest BCUT2D eigenvalue weighted by Crippen LogP contribution is -2.01. The van der Waals surface area contributed by atoms with Crippen LogP contribution in [-0.2, 0) is 6.42 Å². The molecule has 0 fully saturated rings. The van der Waals surface area contributed by atoms with Crippen LogP contribution in [0.25, 0.3) is 17.3 Å². The zero-order valence-corrected chi connectivity index (χ0v) is 18.5. The molecule has 4 aromatic rings. The molecule has 7 nitrogen and oxygen atoms in total. The third-order valence-electron chi connectivity index (χ3n) is 4.93. The van der Waals surface area contributed by atoms with Crippen LogP contribution in [0.1, 0.15) is 23.6 Å². The molecule has 2 aromatic heterocycles. The standard InChI is InChI=1S/C24H21ClN4O3/c1-16-27-11-12-29(16)24-28-23(18-6-8-19(25)9-7-18)21(32-24)4-3-13-31-20-10-5-17(15-26)14-22(20)30-2/h5-12,14H,3-4,13H2,1-2H3. The highest BCUT2D eigenvalue weighted by atomic mass is 35.5. The normalized spacial score (nSPS) is 10.7. The number of halogens is 1. The number of rotatable bonds is 8. The average molecular weight is 449 g/mol. The van der Waals surface area contributed by atoms with E-state index >= 15 is 0 Å². The number of nitriles is 1. The molecule has 162 valence electrons. The maximum Gasteiger partial charge on any atom is 0.307 e. The van der Waals surface area contributed by atoms with Crippen LogP contribution in [0, 0.1) is 18.3 Å². The van der Waals surface area contributed by atoms with Gasteiger partial charge >= 0.3 is 6.01 Å². The number of aryl methyl sites for hydroxylation is 2. The van der Waals surface area contributed by atoms with Crippen LogP contribution in [0.5, 0.6) is 11.5 Å². The van der Waals surface area contributed by atoms with Crippen LogP contribution in [-0.4, -0.2) is 28.3 Å². The van der Waals surface area contributed by atoms with Crippen LogP contribution in [0.3, 0.4) is 0 Å². The molecule has 0 aliphatic carbocycles. The Hall–Kier alpha value is -3.76. The topological polar surface area (TPSA) is 86.1 Å². The van der Waals surface area contributed by atoms with E-state index in [9.17, 15) is 0 Å². The lowest BCUT2D eigenvalue weighted by Gasteiger charge is -2.10. The van der Waals surface area contributed by atoms with Crippen LogP contribution < -0.4 is 9.47 Å². The van der Waals surface area contributed by atoms with Gasteiger partial charge in [0.15, 0.2) is 11.5 Å². The molecule has 0 unspecified atom stereocenters. The van der Waals surface area contributed by atoms with Gasteiger partial charge in [0.1, 0.15) is 17.3 Å². The van der Waals surface area contributed by atoms with Gasteiger partial charge in [0.2, 0.25) is 0 Å². The molecule has 2 aromatic carbocycles. The second-order valence-corrected chi connectivity index (χ2v) is 7.49. The zero-order valence-electron chi connectivity index (χ0n) is 17.7. The molecule has 0 aliphatic rings. The van der Waals surface area contributed by atoms with Gasteiger partial charge in [-0.2, -0.15) is 10.2 Å². The molecule has 0 aliphatic heterocycles. The van der Waals surface area contributed by atoms with Crippen LogP contribution in [0.2, 0.25) is 5.02 Å². The van der Waals surface area contributed by atoms with Gasteiger partial charge in [-0.15, -0.1) is 0 Å². The van der Waals surface area contributed by atoms with E-state index in [1.165, 1.54) is 0 Å². The number of aromatic nitrogens is 3. The highest BCUT2D eigenvalue weighted by molar-refractivity contribution is 6.30. The van der Waals surface area contributed by atoms with E-state index in [0.717, 1.165) is 22.8 Å². The van der Waals surface area contributed by atoms with Crippen molar-refractivity contribution in [1.82, 2.24) is 14.5 Å². The van der Waals surface area contributed by atoms with Crippen molar-refractivity contribution in [2.24, 2.45) is 0 Å². The Balaban J connectivity index is 1.51. The predicted octanol–water partition coefficient (Wildman–Crippen LogP) is 5.38. The number of oxazole rings is 1. The smallest absolute Gasteiger partial charge is 0.307 e. The van der Waals surface area contributed by atoms with Crippen LogP contribution in [0.15, 0.2) is 59.3 Å². The van der Waals surface area contributed by atoms with E-state index < -0.39 is 0 Å². The summed E-state index contributed by atoms with van der Waals surface area (Å²) in [5.74, 6) is 2.67. The van der Waals surface area contributed by atoms with E-state index in [4.69, 9.17) is 35.7 Å². The molecule has 0 radical (unpaired) electrons. The molecule has 4 rings (SSSR count). The minimum Gasteiger partial charge on any atom is -0.493 e. The molecule has 0 amide bonds. The maximum absolute atomic E-state index is 9.04. The molecular formula is C24H21ClN4O3. The van der Waals surface area contributed by atoms with Gasteiger partial charge in [-0.1, -0.05) is 23.7 Å². The van der Waals surface area contributed by atoms with E-state index in [1.54, 1.807) is 36.1 Å². The van der Waals surface area contributed by atoms with Crippen molar-refractivity contribution >= 4 is 11.6 Å². The fourth-order valence-corrected chi connectivity index (χ4v) is 3.42. The van der Waals surface area contributed by atoms with Crippen molar-refractivity contribution in [3.05, 3.63) is 77.0 Å². The Bertz CT molecular complexity index is 1260. The molecular weight excluding hydrogens is 428 g/mol. The maximum atomic E-state index is 9.04. The molecule has 0 saturated heterocycles. The van der Waals surface area contributed by atoms with E-state index in [0.29, 0.717) is 47.5 Å². The van der Waals surface area contributed by atoms with Gasteiger partial charge in [0.25, 0.3) is 0 Å². The lowest BCUT2D eigenvalue weighted by atomic mass is 10.1. The molecule has 0 atom stereocenters. The molecule has 0 bridgehead atoms. The molecule has 0 N–H and O–H groups in total.